The largest absolute Gasteiger partial charge is 0.411 e. The normalized spacial score (nSPS) is 11.4. The Morgan fingerprint density at radius 2 is 2.11 bits per heavy atom. The van der Waals surface area contributed by atoms with Crippen LogP contribution in [0.5, 0.6) is 0 Å². The highest BCUT2D eigenvalue weighted by Crippen LogP contribution is 2.16. The number of nitrogen functional groups attached to an aromatic ring is 1. The number of carbonyl (C=O) groups excluding carboxylic acids is 1. The van der Waals surface area contributed by atoms with Gasteiger partial charge in [-0.2, -0.15) is 13.2 Å². The van der Waals surface area contributed by atoms with Crippen molar-refractivity contribution in [2.24, 2.45) is 0 Å². The molecule has 0 heterocycles. The first-order valence-electron chi connectivity index (χ1n) is 5.59. The van der Waals surface area contributed by atoms with E-state index in [4.69, 9.17) is 5.73 Å². The van der Waals surface area contributed by atoms with Gasteiger partial charge in [0, 0.05) is 12.2 Å². The minimum atomic E-state index is -4.36. The summed E-state index contributed by atoms with van der Waals surface area (Å²) in [5.41, 5.74) is 7.03. The van der Waals surface area contributed by atoms with Crippen molar-refractivity contribution in [2.75, 3.05) is 25.5 Å². The van der Waals surface area contributed by atoms with Crippen molar-refractivity contribution in [3.8, 4) is 0 Å². The molecule has 4 nitrogen and oxygen atoms in total. The predicted octanol–water partition coefficient (Wildman–Crippen LogP) is 1.89. The summed E-state index contributed by atoms with van der Waals surface area (Å²) in [7, 11) is 0. The molecule has 0 fully saturated rings. The molecule has 1 rings (SSSR count). The average molecular weight is 276 g/mol. The molecular formula is C12H15F3N2O2. The smallest absolute Gasteiger partial charge is 0.398 e. The van der Waals surface area contributed by atoms with Crippen LogP contribution >= 0.6 is 0 Å². The number of nitrogens with one attached hydrogen (secondary N) is 1. The second-order valence-electron chi connectivity index (χ2n) is 3.96. The number of halogens is 3. The monoisotopic (exact) mass is 276 g/mol. The molecule has 0 unspecified atom stereocenters. The zero-order valence-corrected chi connectivity index (χ0v) is 10.4. The third-order valence-corrected chi connectivity index (χ3v) is 2.33. The van der Waals surface area contributed by atoms with Crippen LogP contribution in [0.4, 0.5) is 18.9 Å². The van der Waals surface area contributed by atoms with Crippen molar-refractivity contribution in [1.29, 1.82) is 0 Å². The lowest BCUT2D eigenvalue weighted by Gasteiger charge is -2.11. The van der Waals surface area contributed by atoms with E-state index in [-0.39, 0.29) is 13.2 Å². The minimum Gasteiger partial charge on any atom is -0.398 e. The quantitative estimate of drug-likeness (QED) is 0.637. The van der Waals surface area contributed by atoms with Gasteiger partial charge in [-0.15, -0.1) is 0 Å². The maximum atomic E-state index is 11.8. The zero-order chi connectivity index (χ0) is 14.5. The number of aryl methyl sites for hydroxylation is 1. The molecule has 0 saturated carbocycles. The summed E-state index contributed by atoms with van der Waals surface area (Å²) in [4.78, 5) is 11.8. The number of hydrogen-bond donors (Lipinski definition) is 2. The maximum absolute atomic E-state index is 11.8. The van der Waals surface area contributed by atoms with Crippen LogP contribution in [0.15, 0.2) is 18.2 Å². The van der Waals surface area contributed by atoms with Crippen molar-refractivity contribution in [3.63, 3.8) is 0 Å². The molecule has 0 spiro atoms. The van der Waals surface area contributed by atoms with Crippen molar-refractivity contribution in [2.45, 2.75) is 13.1 Å². The highest BCUT2D eigenvalue weighted by molar-refractivity contribution is 6.00. The summed E-state index contributed by atoms with van der Waals surface area (Å²) in [6.45, 7) is 0.181. The van der Waals surface area contributed by atoms with Crippen molar-refractivity contribution in [1.82, 2.24) is 5.32 Å². The first-order valence-corrected chi connectivity index (χ1v) is 5.59. The van der Waals surface area contributed by atoms with Crippen molar-refractivity contribution in [3.05, 3.63) is 29.3 Å². The Morgan fingerprint density at radius 1 is 1.42 bits per heavy atom. The molecule has 0 aromatic heterocycles. The standard InChI is InChI=1S/C12H15F3N2O2/c1-8-3-2-4-9(16)10(8)11(18)17-5-6-19-7-12(13,14)15/h2-4H,5-7,16H2,1H3,(H,17,18). The molecule has 0 bridgehead atoms. The van der Waals surface area contributed by atoms with Gasteiger partial charge in [-0.3, -0.25) is 4.79 Å². The number of ether oxygens (including phenoxy) is 1. The van der Waals surface area contributed by atoms with E-state index in [1.165, 1.54) is 0 Å². The lowest BCUT2D eigenvalue weighted by Crippen LogP contribution is -2.29. The molecule has 0 radical (unpaired) electrons. The number of benzene rings is 1. The molecule has 1 amide bonds. The fourth-order valence-corrected chi connectivity index (χ4v) is 1.51. The number of nitrogens with two attached hydrogens (primary N) is 1. The second kappa shape index (κ2) is 6.42. The number of carbonyl (C=O) groups is 1. The van der Waals surface area contributed by atoms with Crippen LogP contribution in [0.25, 0.3) is 0 Å². The molecule has 0 aliphatic rings. The lowest BCUT2D eigenvalue weighted by molar-refractivity contribution is -0.173. The molecule has 19 heavy (non-hydrogen) atoms. The van der Waals surface area contributed by atoms with Crippen LogP contribution in [0.3, 0.4) is 0 Å². The van der Waals surface area contributed by atoms with Crippen LogP contribution < -0.4 is 11.1 Å². The number of rotatable bonds is 5. The van der Waals surface area contributed by atoms with E-state index in [2.05, 4.69) is 10.1 Å². The first-order chi connectivity index (χ1) is 8.81. The summed E-state index contributed by atoms with van der Waals surface area (Å²) >= 11 is 0. The van der Waals surface area contributed by atoms with Gasteiger partial charge in [0.1, 0.15) is 6.61 Å². The first kappa shape index (κ1) is 15.3. The third-order valence-electron chi connectivity index (χ3n) is 2.33. The Kier molecular flexibility index (Phi) is 5.17. The van der Waals surface area contributed by atoms with E-state index in [1.807, 2.05) is 0 Å². The van der Waals surface area contributed by atoms with Gasteiger partial charge in [-0.1, -0.05) is 12.1 Å². The summed E-state index contributed by atoms with van der Waals surface area (Å²) < 4.78 is 39.7. The Hall–Kier alpha value is -1.76. The molecule has 0 aliphatic heterocycles. The molecule has 3 N–H and O–H groups in total. The number of hydrogen-bond acceptors (Lipinski definition) is 3. The van der Waals surface area contributed by atoms with E-state index in [9.17, 15) is 18.0 Å². The second-order valence-corrected chi connectivity index (χ2v) is 3.96. The minimum absolute atomic E-state index is 0.0112. The zero-order valence-electron chi connectivity index (χ0n) is 10.4. The van der Waals surface area contributed by atoms with E-state index in [0.29, 0.717) is 16.8 Å². The maximum Gasteiger partial charge on any atom is 0.411 e. The van der Waals surface area contributed by atoms with Crippen LogP contribution in [0.2, 0.25) is 0 Å². The SMILES string of the molecule is Cc1cccc(N)c1C(=O)NCCOCC(F)(F)F. The number of amides is 1. The highest BCUT2D eigenvalue weighted by Gasteiger charge is 2.27. The summed E-state index contributed by atoms with van der Waals surface area (Å²) in [6.07, 6.45) is -4.36. The molecule has 0 aliphatic carbocycles. The van der Waals surface area contributed by atoms with Crippen molar-refractivity contribution >= 4 is 11.6 Å². The molecule has 1 aromatic rings. The van der Waals surface area contributed by atoms with E-state index in [1.54, 1.807) is 25.1 Å². The summed E-state index contributed by atoms with van der Waals surface area (Å²) in [5, 5.41) is 2.46. The number of alkyl halides is 3. The van der Waals surface area contributed by atoms with Gasteiger partial charge in [-0.25, -0.2) is 0 Å². The third kappa shape index (κ3) is 5.17. The molecule has 0 saturated heterocycles. The highest BCUT2D eigenvalue weighted by atomic mass is 19.4. The molecular weight excluding hydrogens is 261 g/mol. The van der Waals surface area contributed by atoms with Gasteiger partial charge in [0.25, 0.3) is 5.91 Å². The van der Waals surface area contributed by atoms with Gasteiger partial charge in [0.05, 0.1) is 12.2 Å². The van der Waals surface area contributed by atoms with Crippen molar-refractivity contribution < 1.29 is 22.7 Å². The Morgan fingerprint density at radius 3 is 2.68 bits per heavy atom. The van der Waals surface area contributed by atoms with Gasteiger partial charge < -0.3 is 15.8 Å². The van der Waals surface area contributed by atoms with Gasteiger partial charge in [0.15, 0.2) is 0 Å². The predicted molar refractivity (Wildman–Crippen MR) is 64.8 cm³/mol. The van der Waals surface area contributed by atoms with Crippen LogP contribution in [0, 0.1) is 6.92 Å². The fourth-order valence-electron chi connectivity index (χ4n) is 1.51. The topological polar surface area (TPSA) is 64.4 Å². The Labute approximate surface area is 108 Å². The van der Waals surface area contributed by atoms with Gasteiger partial charge >= 0.3 is 6.18 Å². The van der Waals surface area contributed by atoms with Crippen LogP contribution in [-0.4, -0.2) is 31.8 Å². The van der Waals surface area contributed by atoms with Gasteiger partial charge in [-0.05, 0) is 18.6 Å². The Bertz CT molecular complexity index is 427. The van der Waals surface area contributed by atoms with E-state index < -0.39 is 18.7 Å². The van der Waals surface area contributed by atoms with Gasteiger partial charge in [0.2, 0.25) is 0 Å². The number of anilines is 1. The molecule has 7 heteroatoms. The average Bonchev–Trinajstić information content (AvgIpc) is 2.26. The molecule has 0 atom stereocenters. The van der Waals surface area contributed by atoms with E-state index in [0.717, 1.165) is 0 Å². The molecule has 106 valence electrons. The van der Waals surface area contributed by atoms with E-state index >= 15 is 0 Å². The summed E-state index contributed by atoms with van der Waals surface area (Å²) in [6, 6.07) is 5.03. The fraction of sp³-hybridized carbons (Fsp3) is 0.417. The van der Waals surface area contributed by atoms with Crippen LogP contribution in [-0.2, 0) is 4.74 Å². The lowest BCUT2D eigenvalue weighted by atomic mass is 10.1. The van der Waals surface area contributed by atoms with Crippen LogP contribution in [0.1, 0.15) is 15.9 Å². The summed E-state index contributed by atoms with van der Waals surface area (Å²) in [5.74, 6) is -0.425. The Balaban J connectivity index is 2.40. The molecule has 1 aromatic carbocycles.